The Bertz CT molecular complexity index is 1070. The summed E-state index contributed by atoms with van der Waals surface area (Å²) in [5, 5.41) is 0. The fourth-order valence-corrected chi connectivity index (χ4v) is 8.24. The lowest BCUT2D eigenvalue weighted by atomic mass is 9.52. The third-order valence-electron chi connectivity index (χ3n) is 12.0. The highest BCUT2D eigenvalue weighted by Gasteiger charge is 2.48. The Morgan fingerprint density at radius 3 is 2.26 bits per heavy atom. The van der Waals surface area contributed by atoms with Crippen molar-refractivity contribution in [2.75, 3.05) is 19.8 Å². The molecule has 5 heteroatoms. The maximum absolute atomic E-state index is 11.3. The molecule has 0 saturated heterocycles. The molecule has 0 heterocycles. The molecule has 2 fully saturated rings. The molecule has 0 aliphatic heterocycles. The summed E-state index contributed by atoms with van der Waals surface area (Å²) in [5.74, 6) is 3.92. The number of para-hydroxylation sites is 1. The third-order valence-corrected chi connectivity index (χ3v) is 12.0. The van der Waals surface area contributed by atoms with Crippen molar-refractivity contribution in [3.05, 3.63) is 43.0 Å². The topological polar surface area (TPSA) is 54.0 Å². The van der Waals surface area contributed by atoms with Crippen molar-refractivity contribution in [3.63, 3.8) is 0 Å². The van der Waals surface area contributed by atoms with Gasteiger partial charge in [-0.2, -0.15) is 0 Å². The molecule has 1 aromatic rings. The number of hydrogen-bond acceptors (Lipinski definition) is 5. The molecule has 0 spiro atoms. The van der Waals surface area contributed by atoms with Crippen molar-refractivity contribution in [2.24, 2.45) is 40.4 Å². The van der Waals surface area contributed by atoms with Crippen LogP contribution in [-0.4, -0.2) is 43.1 Å². The largest absolute Gasteiger partial charge is 0.493 e. The van der Waals surface area contributed by atoms with Gasteiger partial charge in [-0.05, 0) is 133 Å². The van der Waals surface area contributed by atoms with Crippen LogP contribution in [0.4, 0.5) is 0 Å². The van der Waals surface area contributed by atoms with Crippen LogP contribution in [0, 0.1) is 40.4 Å². The maximum Gasteiger partial charge on any atom is 0.293 e. The Morgan fingerprint density at radius 1 is 0.957 bits per heavy atom. The van der Waals surface area contributed by atoms with Gasteiger partial charge in [-0.25, -0.2) is 0 Å². The van der Waals surface area contributed by atoms with Crippen LogP contribution < -0.4 is 4.74 Å². The molecule has 0 bridgehead atoms. The summed E-state index contributed by atoms with van der Waals surface area (Å²) in [7, 11) is 0. The van der Waals surface area contributed by atoms with Crippen LogP contribution in [0.2, 0.25) is 0 Å². The van der Waals surface area contributed by atoms with E-state index < -0.39 is 5.60 Å². The van der Waals surface area contributed by atoms with Gasteiger partial charge < -0.3 is 18.9 Å². The van der Waals surface area contributed by atoms with Gasteiger partial charge in [-0.15, -0.1) is 6.58 Å². The minimum atomic E-state index is -0.721. The second kappa shape index (κ2) is 16.0. The average Bonchev–Trinajstić information content (AvgIpc) is 2.95. The Hall–Kier alpha value is -1.85. The van der Waals surface area contributed by atoms with Gasteiger partial charge in [-0.3, -0.25) is 4.79 Å². The molecule has 0 radical (unpaired) electrons. The highest BCUT2D eigenvalue weighted by Crippen LogP contribution is 2.57. The van der Waals surface area contributed by atoms with Gasteiger partial charge in [0, 0.05) is 6.61 Å². The number of ether oxygens (including phenoxy) is 4. The summed E-state index contributed by atoms with van der Waals surface area (Å²) >= 11 is 0. The molecule has 46 heavy (non-hydrogen) atoms. The first kappa shape index (κ1) is 38.6. The number of unbranched alkanes of at least 4 members (excludes halogenated alkanes) is 1. The Morgan fingerprint density at radius 2 is 1.63 bits per heavy atom. The molecular formula is C41H68O5. The van der Waals surface area contributed by atoms with Crippen LogP contribution in [0.1, 0.15) is 127 Å². The molecule has 0 N–H and O–H groups in total. The van der Waals surface area contributed by atoms with Crippen molar-refractivity contribution in [3.8, 4) is 5.75 Å². The summed E-state index contributed by atoms with van der Waals surface area (Å²) in [6.45, 7) is 28.5. The first-order valence-electron chi connectivity index (χ1n) is 18.1. The monoisotopic (exact) mass is 641 g/mol. The molecule has 1 aromatic carbocycles. The minimum Gasteiger partial charge on any atom is -0.493 e. The Balaban J connectivity index is 1.42. The quantitative estimate of drug-likeness (QED) is 0.0806. The van der Waals surface area contributed by atoms with Crippen LogP contribution in [0.25, 0.3) is 0 Å². The summed E-state index contributed by atoms with van der Waals surface area (Å²) < 4.78 is 24.7. The zero-order chi connectivity index (χ0) is 34.2. The van der Waals surface area contributed by atoms with Crippen LogP contribution >= 0.6 is 0 Å². The van der Waals surface area contributed by atoms with Crippen molar-refractivity contribution in [1.82, 2.24) is 0 Å². The van der Waals surface area contributed by atoms with Crippen molar-refractivity contribution < 1.29 is 23.7 Å². The summed E-state index contributed by atoms with van der Waals surface area (Å²) in [6.07, 6.45) is 13.3. The molecule has 3 rings (SSSR count). The fourth-order valence-electron chi connectivity index (χ4n) is 8.24. The van der Waals surface area contributed by atoms with Gasteiger partial charge in [-0.1, -0.05) is 64.8 Å². The van der Waals surface area contributed by atoms with Crippen LogP contribution in [-0.2, 0) is 19.0 Å². The normalized spacial score (nSPS) is 26.6. The van der Waals surface area contributed by atoms with E-state index in [9.17, 15) is 4.79 Å². The Labute approximate surface area is 282 Å². The second-order valence-electron chi connectivity index (χ2n) is 17.5. The second-order valence-corrected chi connectivity index (χ2v) is 17.5. The number of allylic oxidation sites excluding steroid dienone is 1. The van der Waals surface area contributed by atoms with Crippen LogP contribution in [0.3, 0.4) is 0 Å². The van der Waals surface area contributed by atoms with Crippen molar-refractivity contribution in [1.29, 1.82) is 0 Å². The van der Waals surface area contributed by atoms with E-state index in [-0.39, 0.29) is 22.5 Å². The molecule has 4 unspecified atom stereocenters. The van der Waals surface area contributed by atoms with Crippen LogP contribution in [0.15, 0.2) is 43.0 Å². The van der Waals surface area contributed by atoms with E-state index in [0.29, 0.717) is 31.0 Å². The van der Waals surface area contributed by atoms with E-state index in [4.69, 9.17) is 18.9 Å². The molecular weight excluding hydrogens is 572 g/mol. The van der Waals surface area contributed by atoms with Gasteiger partial charge in [0.25, 0.3) is 6.47 Å². The predicted molar refractivity (Wildman–Crippen MR) is 190 cm³/mol. The van der Waals surface area contributed by atoms with Gasteiger partial charge in [0.1, 0.15) is 11.4 Å². The van der Waals surface area contributed by atoms with E-state index >= 15 is 0 Å². The van der Waals surface area contributed by atoms with Crippen molar-refractivity contribution in [2.45, 2.75) is 144 Å². The smallest absolute Gasteiger partial charge is 0.293 e. The first-order valence-corrected chi connectivity index (χ1v) is 18.1. The van der Waals surface area contributed by atoms with Crippen LogP contribution in [0.5, 0.6) is 5.75 Å². The van der Waals surface area contributed by atoms with E-state index in [0.717, 1.165) is 55.8 Å². The zero-order valence-electron chi connectivity index (χ0n) is 31.2. The molecule has 5 nitrogen and oxygen atoms in total. The first-order chi connectivity index (χ1) is 21.4. The fraction of sp³-hybridized carbons (Fsp3) is 0.780. The van der Waals surface area contributed by atoms with Gasteiger partial charge >= 0.3 is 0 Å². The number of hydrogen-bond donors (Lipinski definition) is 0. The number of carbonyl (C=O) groups excluding carboxylic acids is 1. The lowest BCUT2D eigenvalue weighted by Gasteiger charge is -2.54. The number of rotatable bonds is 20. The predicted octanol–water partition coefficient (Wildman–Crippen LogP) is 10.5. The van der Waals surface area contributed by atoms with Gasteiger partial charge in [0.05, 0.1) is 30.3 Å². The number of carbonyl (C=O) groups is 1. The molecule has 2 aliphatic carbocycles. The average molecular weight is 641 g/mol. The standard InChI is InChI=1S/C41H68O5/c1-12-32-24-31(2)20-21-36(32)33-25-41(11,26-33)29-38(5,6)44-23-17-16-22-37(3,4)40(9,10)45-28-34(39(7,8)46-30-42)27-43-35-18-14-13-15-19-35/h12-15,18-19,30-34,36H,1,16-17,20-29H2,2-11H3. The SMILES string of the molecule is C=CC1CC(C)CCC1C1CC(C)(CC(C)(C)OCCCCC(C)(C)C(C)(C)OCC(COc2ccccc2)C(C)(C)OC=O)C1. The third kappa shape index (κ3) is 10.8. The van der Waals surface area contributed by atoms with E-state index in [1.165, 1.54) is 32.1 Å². The van der Waals surface area contributed by atoms with Gasteiger partial charge in [0.15, 0.2) is 0 Å². The lowest BCUT2D eigenvalue weighted by Crippen LogP contribution is -2.47. The molecule has 4 atom stereocenters. The van der Waals surface area contributed by atoms with Crippen molar-refractivity contribution >= 4 is 6.47 Å². The summed E-state index contributed by atoms with van der Waals surface area (Å²) in [4.78, 5) is 11.3. The minimum absolute atomic E-state index is 0.0579. The molecule has 0 amide bonds. The molecule has 262 valence electrons. The van der Waals surface area contributed by atoms with Gasteiger partial charge in [0.2, 0.25) is 0 Å². The highest BCUT2D eigenvalue weighted by molar-refractivity contribution is 5.38. The zero-order valence-corrected chi connectivity index (χ0v) is 31.2. The van der Waals surface area contributed by atoms with E-state index in [1.54, 1.807) is 0 Å². The summed E-state index contributed by atoms with van der Waals surface area (Å²) in [6, 6.07) is 9.73. The lowest BCUT2D eigenvalue weighted by molar-refractivity contribution is -0.162. The van der Waals surface area contributed by atoms with E-state index in [1.807, 2.05) is 44.2 Å². The Kier molecular flexibility index (Phi) is 13.5. The summed E-state index contributed by atoms with van der Waals surface area (Å²) in [5.41, 5.74) is -0.879. The molecule has 0 aromatic heterocycles. The maximum atomic E-state index is 11.3. The molecule has 2 saturated carbocycles. The number of benzene rings is 1. The van der Waals surface area contributed by atoms with E-state index in [2.05, 4.69) is 68.0 Å². The highest BCUT2D eigenvalue weighted by atomic mass is 16.5. The molecule has 2 aliphatic rings.